The molecule has 1 nitrogen and oxygen atoms in total. The number of hydrogen-bond acceptors (Lipinski definition) is 1. The van der Waals surface area contributed by atoms with Gasteiger partial charge in [0.15, 0.2) is 0 Å². The molecule has 2 N–H and O–H groups in total. The molecule has 0 aromatic heterocycles. The van der Waals surface area contributed by atoms with Gasteiger partial charge in [0.2, 0.25) is 0 Å². The fourth-order valence-corrected chi connectivity index (χ4v) is 2.85. The zero-order valence-electron chi connectivity index (χ0n) is 5.15. The van der Waals surface area contributed by atoms with Crippen molar-refractivity contribution in [1.82, 2.24) is 0 Å². The molecular weight excluding hydrogens is 98.1 g/mol. The molecule has 1 spiro atoms. The van der Waals surface area contributed by atoms with Gasteiger partial charge in [-0.2, -0.15) is 0 Å². The van der Waals surface area contributed by atoms with Crippen LogP contribution in [0.1, 0.15) is 19.8 Å². The Morgan fingerprint density at radius 1 is 1.50 bits per heavy atom. The molecule has 3 aliphatic rings. The van der Waals surface area contributed by atoms with E-state index in [1.807, 2.05) is 0 Å². The van der Waals surface area contributed by atoms with Crippen LogP contribution in [0, 0.1) is 17.3 Å². The lowest BCUT2D eigenvalue weighted by molar-refractivity contribution is 0.517. The second kappa shape index (κ2) is 0.621. The second-order valence-corrected chi connectivity index (χ2v) is 3.94. The normalized spacial score (nSPS) is 81.8. The van der Waals surface area contributed by atoms with Crippen LogP contribution in [-0.4, -0.2) is 5.54 Å². The third-order valence-corrected chi connectivity index (χ3v) is 3.77. The molecule has 0 aromatic rings. The van der Waals surface area contributed by atoms with Crippen molar-refractivity contribution in [2.24, 2.45) is 23.0 Å². The first-order valence-corrected chi connectivity index (χ1v) is 3.51. The zero-order valence-corrected chi connectivity index (χ0v) is 5.15. The highest BCUT2D eigenvalue weighted by Crippen LogP contribution is 2.92. The second-order valence-electron chi connectivity index (χ2n) is 3.94. The van der Waals surface area contributed by atoms with E-state index < -0.39 is 0 Å². The lowest BCUT2D eigenvalue weighted by atomic mass is 10.1. The van der Waals surface area contributed by atoms with Crippen LogP contribution in [0.15, 0.2) is 0 Å². The van der Waals surface area contributed by atoms with Crippen LogP contribution >= 0.6 is 0 Å². The van der Waals surface area contributed by atoms with E-state index in [2.05, 4.69) is 6.92 Å². The smallest absolute Gasteiger partial charge is 0.0256 e. The molecule has 0 bridgehead atoms. The molecule has 0 radical (unpaired) electrons. The van der Waals surface area contributed by atoms with Gasteiger partial charge in [-0.15, -0.1) is 0 Å². The first-order chi connectivity index (χ1) is 3.72. The molecule has 3 aliphatic carbocycles. The lowest BCUT2D eigenvalue weighted by Gasteiger charge is -2.01. The van der Waals surface area contributed by atoms with Crippen LogP contribution in [0.3, 0.4) is 0 Å². The summed E-state index contributed by atoms with van der Waals surface area (Å²) in [5.74, 6) is 1.95. The molecule has 44 valence electrons. The largest absolute Gasteiger partial charge is 0.324 e. The van der Waals surface area contributed by atoms with Gasteiger partial charge in [-0.3, -0.25) is 0 Å². The molecular formula is C7H11N. The maximum Gasteiger partial charge on any atom is 0.0256 e. The molecule has 4 atom stereocenters. The van der Waals surface area contributed by atoms with Crippen molar-refractivity contribution in [3.63, 3.8) is 0 Å². The standard InChI is InChI=1S/C7H11N/c1-4-2-6(4)5-3-7(5,6)8/h4-5H,2-3,8H2,1H3/t4-,5?,6?,7?/m0/s1. The van der Waals surface area contributed by atoms with E-state index >= 15 is 0 Å². The van der Waals surface area contributed by atoms with Crippen molar-refractivity contribution >= 4 is 0 Å². The third kappa shape index (κ3) is 0.153. The van der Waals surface area contributed by atoms with Gasteiger partial charge in [-0.1, -0.05) is 6.92 Å². The maximum absolute atomic E-state index is 5.97. The summed E-state index contributed by atoms with van der Waals surface area (Å²) in [6.45, 7) is 2.33. The highest BCUT2D eigenvalue weighted by Gasteiger charge is 2.94. The minimum atomic E-state index is 0.395. The molecule has 3 fully saturated rings. The summed E-state index contributed by atoms with van der Waals surface area (Å²) in [6, 6.07) is 0. The molecule has 0 aromatic carbocycles. The Morgan fingerprint density at radius 3 is 2.00 bits per heavy atom. The van der Waals surface area contributed by atoms with Gasteiger partial charge in [-0.05, 0) is 30.1 Å². The summed E-state index contributed by atoms with van der Waals surface area (Å²) in [7, 11) is 0. The summed E-state index contributed by atoms with van der Waals surface area (Å²) < 4.78 is 0. The minimum Gasteiger partial charge on any atom is -0.324 e. The molecule has 0 amide bonds. The summed E-state index contributed by atoms with van der Waals surface area (Å²) in [5.41, 5.74) is 7.09. The van der Waals surface area contributed by atoms with Crippen molar-refractivity contribution < 1.29 is 0 Å². The Kier molecular flexibility index (Phi) is 0.302. The van der Waals surface area contributed by atoms with Crippen LogP contribution in [0.2, 0.25) is 0 Å². The Bertz CT molecular complexity index is 177. The summed E-state index contributed by atoms with van der Waals surface area (Å²) in [6.07, 6.45) is 2.78. The highest BCUT2D eigenvalue weighted by molar-refractivity contribution is 5.47. The topological polar surface area (TPSA) is 26.0 Å². The predicted molar refractivity (Wildman–Crippen MR) is 31.2 cm³/mol. The average molecular weight is 109 g/mol. The molecule has 3 saturated carbocycles. The van der Waals surface area contributed by atoms with Gasteiger partial charge in [-0.25, -0.2) is 0 Å². The van der Waals surface area contributed by atoms with Gasteiger partial charge in [0.05, 0.1) is 0 Å². The lowest BCUT2D eigenvalue weighted by Crippen LogP contribution is -2.18. The van der Waals surface area contributed by atoms with Gasteiger partial charge >= 0.3 is 0 Å². The van der Waals surface area contributed by atoms with E-state index in [1.165, 1.54) is 12.8 Å². The quantitative estimate of drug-likeness (QED) is 0.488. The van der Waals surface area contributed by atoms with Crippen molar-refractivity contribution in [2.45, 2.75) is 25.3 Å². The number of hydrogen-bond donors (Lipinski definition) is 1. The first-order valence-electron chi connectivity index (χ1n) is 3.51. The molecule has 0 saturated heterocycles. The zero-order chi connectivity index (χ0) is 5.57. The summed E-state index contributed by atoms with van der Waals surface area (Å²) in [4.78, 5) is 0. The maximum atomic E-state index is 5.97. The molecule has 3 rings (SSSR count). The molecule has 8 heavy (non-hydrogen) atoms. The predicted octanol–water partition coefficient (Wildman–Crippen LogP) is 0.744. The minimum absolute atomic E-state index is 0.395. The monoisotopic (exact) mass is 109 g/mol. The van der Waals surface area contributed by atoms with Crippen LogP contribution < -0.4 is 5.73 Å². The molecule has 0 heterocycles. The van der Waals surface area contributed by atoms with Crippen LogP contribution in [0.5, 0.6) is 0 Å². The van der Waals surface area contributed by atoms with E-state index in [1.54, 1.807) is 0 Å². The Hall–Kier alpha value is -0.0400. The summed E-state index contributed by atoms with van der Waals surface area (Å²) >= 11 is 0. The first kappa shape index (κ1) is 3.89. The molecule has 3 unspecified atom stereocenters. The van der Waals surface area contributed by atoms with E-state index in [9.17, 15) is 0 Å². The van der Waals surface area contributed by atoms with Crippen LogP contribution in [0.4, 0.5) is 0 Å². The van der Waals surface area contributed by atoms with Gasteiger partial charge < -0.3 is 5.73 Å². The van der Waals surface area contributed by atoms with Crippen molar-refractivity contribution in [2.75, 3.05) is 0 Å². The fourth-order valence-electron chi connectivity index (χ4n) is 2.85. The van der Waals surface area contributed by atoms with E-state index in [4.69, 9.17) is 5.73 Å². The number of nitrogens with two attached hydrogens (primary N) is 1. The third-order valence-electron chi connectivity index (χ3n) is 3.77. The Balaban J connectivity index is 2.01. The van der Waals surface area contributed by atoms with Gasteiger partial charge in [0, 0.05) is 5.54 Å². The van der Waals surface area contributed by atoms with Crippen molar-refractivity contribution in [1.29, 1.82) is 0 Å². The molecule has 0 aliphatic heterocycles. The fraction of sp³-hybridized carbons (Fsp3) is 1.00. The highest BCUT2D eigenvalue weighted by atomic mass is 15.1. The van der Waals surface area contributed by atoms with Crippen LogP contribution in [-0.2, 0) is 0 Å². The number of fused-ring (bicyclic) bond motifs is 3. The van der Waals surface area contributed by atoms with Crippen molar-refractivity contribution in [3.05, 3.63) is 0 Å². The van der Waals surface area contributed by atoms with Crippen molar-refractivity contribution in [3.8, 4) is 0 Å². The van der Waals surface area contributed by atoms with Crippen LogP contribution in [0.25, 0.3) is 0 Å². The van der Waals surface area contributed by atoms with E-state index in [-0.39, 0.29) is 0 Å². The average Bonchev–Trinajstić information content (AvgIpc) is 2.45. The SMILES string of the molecule is C[C@H]1CC12C1CC12N. The Labute approximate surface area is 49.3 Å². The molecule has 1 heteroatoms. The van der Waals surface area contributed by atoms with E-state index in [0.717, 1.165) is 17.3 Å². The van der Waals surface area contributed by atoms with Gasteiger partial charge in [0.1, 0.15) is 0 Å². The Morgan fingerprint density at radius 2 is 2.00 bits per heavy atom. The summed E-state index contributed by atoms with van der Waals surface area (Å²) in [5, 5.41) is 0. The van der Waals surface area contributed by atoms with E-state index in [0.29, 0.717) is 5.54 Å². The number of rotatable bonds is 0. The van der Waals surface area contributed by atoms with Gasteiger partial charge in [0.25, 0.3) is 0 Å².